The molecule has 0 bridgehead atoms. The zero-order valence-corrected chi connectivity index (χ0v) is 19.0. The summed E-state index contributed by atoms with van der Waals surface area (Å²) in [5.74, 6) is -0.416. The Morgan fingerprint density at radius 2 is 2.06 bits per heavy atom. The lowest BCUT2D eigenvalue weighted by atomic mass is 9.98. The van der Waals surface area contributed by atoms with Crippen LogP contribution in [0.25, 0.3) is 10.9 Å². The lowest BCUT2D eigenvalue weighted by Gasteiger charge is -2.21. The summed E-state index contributed by atoms with van der Waals surface area (Å²) in [6.07, 6.45) is 3.40. The second-order valence-corrected chi connectivity index (χ2v) is 9.04. The molecule has 2 fully saturated rings. The van der Waals surface area contributed by atoms with Crippen LogP contribution in [0.5, 0.6) is 5.75 Å². The van der Waals surface area contributed by atoms with Gasteiger partial charge in [-0.05, 0) is 43.4 Å². The van der Waals surface area contributed by atoms with Gasteiger partial charge in [0.15, 0.2) is 0 Å². The van der Waals surface area contributed by atoms with Gasteiger partial charge in [-0.25, -0.2) is 0 Å². The normalized spacial score (nSPS) is 19.4. The molecule has 9 nitrogen and oxygen atoms in total. The molecule has 2 heterocycles. The number of carbonyl (C=O) groups excluding carboxylic acids is 3. The number of nitriles is 1. The number of fused-ring (bicyclic) bond motifs is 1. The van der Waals surface area contributed by atoms with Crippen LogP contribution in [0, 0.1) is 23.2 Å². The number of hydrogen-bond donors (Lipinski definition) is 4. The average molecular weight is 472 g/mol. The van der Waals surface area contributed by atoms with E-state index in [0.717, 1.165) is 12.8 Å². The first-order valence-corrected chi connectivity index (χ1v) is 11.4. The summed E-state index contributed by atoms with van der Waals surface area (Å²) in [7, 11) is 1.50. The van der Waals surface area contributed by atoms with Gasteiger partial charge in [0.25, 0.3) is 5.91 Å². The van der Waals surface area contributed by atoms with Gasteiger partial charge >= 0.3 is 0 Å². The predicted octanol–water partition coefficient (Wildman–Crippen LogP) is 2.26. The Bertz CT molecular complexity index is 1120. The van der Waals surface area contributed by atoms with Gasteiger partial charge < -0.3 is 25.7 Å². The zero-order chi connectivity index (χ0) is 23.5. The highest BCUT2D eigenvalue weighted by molar-refractivity contribution is 6.33. The number of nitrogens with zero attached hydrogens (tertiary/aromatic N) is 1. The topological polar surface area (TPSA) is 136 Å². The number of benzene rings is 1. The van der Waals surface area contributed by atoms with Gasteiger partial charge in [0.2, 0.25) is 11.8 Å². The Labute approximate surface area is 196 Å². The lowest BCUT2D eigenvalue weighted by Crippen LogP contribution is -2.50. The number of ether oxygens (including phenoxy) is 1. The fourth-order valence-electron chi connectivity index (χ4n) is 4.21. The van der Waals surface area contributed by atoms with E-state index in [-0.39, 0.29) is 23.9 Å². The Balaban J connectivity index is 1.46. The van der Waals surface area contributed by atoms with E-state index in [9.17, 15) is 19.6 Å². The third kappa shape index (κ3) is 5.22. The molecule has 2 aliphatic rings. The van der Waals surface area contributed by atoms with E-state index in [1.165, 1.54) is 7.11 Å². The maximum absolute atomic E-state index is 13.0. The van der Waals surface area contributed by atoms with Crippen LogP contribution in [0.3, 0.4) is 0 Å². The predicted molar refractivity (Wildman–Crippen MR) is 122 cm³/mol. The number of H-pyrrole nitrogens is 1. The molecule has 0 spiro atoms. The van der Waals surface area contributed by atoms with Crippen molar-refractivity contribution in [3.63, 3.8) is 0 Å². The molecule has 4 N–H and O–H groups in total. The number of methoxy groups -OCH3 is 1. The van der Waals surface area contributed by atoms with Crippen molar-refractivity contribution in [1.82, 2.24) is 20.9 Å². The molecule has 1 aliphatic heterocycles. The minimum atomic E-state index is -0.801. The molecule has 1 aromatic heterocycles. The van der Waals surface area contributed by atoms with E-state index < -0.39 is 23.9 Å². The van der Waals surface area contributed by atoms with Gasteiger partial charge in [-0.2, -0.15) is 5.26 Å². The van der Waals surface area contributed by atoms with Crippen molar-refractivity contribution in [3.8, 4) is 11.8 Å². The summed E-state index contributed by atoms with van der Waals surface area (Å²) in [6, 6.07) is 5.55. The van der Waals surface area contributed by atoms with Crippen molar-refractivity contribution in [2.45, 2.75) is 44.2 Å². The van der Waals surface area contributed by atoms with Gasteiger partial charge in [-0.15, -0.1) is 0 Å². The Kier molecular flexibility index (Phi) is 6.75. The Morgan fingerprint density at radius 1 is 1.27 bits per heavy atom. The van der Waals surface area contributed by atoms with Crippen LogP contribution in [0.4, 0.5) is 0 Å². The van der Waals surface area contributed by atoms with E-state index in [1.54, 1.807) is 18.2 Å². The molecule has 0 radical (unpaired) electrons. The highest BCUT2D eigenvalue weighted by Gasteiger charge is 2.33. The molecule has 33 heavy (non-hydrogen) atoms. The highest BCUT2D eigenvalue weighted by atomic mass is 35.5. The molecular formula is C23H26ClN5O4. The number of amides is 3. The van der Waals surface area contributed by atoms with Crippen molar-refractivity contribution in [2.24, 2.45) is 11.8 Å². The molecule has 1 aromatic carbocycles. The smallest absolute Gasteiger partial charge is 0.268 e. The standard InChI is InChI=1S/C23H26ClN5O4/c1-33-20-15-10-19(28-17(15)5-4-16(20)24)23(32)29-18(8-12-2-3-12)22(31)27-14(11-25)9-13-6-7-26-21(13)30/h4-5,10,12-14,18,28H,2-3,6-9H2,1H3,(H,26,30)(H,27,31)(H,29,32)/t13?,14-,18-/m0/s1. The molecule has 2 aromatic rings. The molecule has 3 atom stereocenters. The minimum absolute atomic E-state index is 0.0957. The van der Waals surface area contributed by atoms with Crippen LogP contribution in [0.1, 0.15) is 42.6 Å². The summed E-state index contributed by atoms with van der Waals surface area (Å²) < 4.78 is 5.34. The average Bonchev–Trinajstić information content (AvgIpc) is 3.36. The molecule has 1 aliphatic carbocycles. The van der Waals surface area contributed by atoms with Gasteiger partial charge in [-0.1, -0.05) is 24.4 Å². The summed E-state index contributed by atoms with van der Waals surface area (Å²) in [6.45, 7) is 0.580. The lowest BCUT2D eigenvalue weighted by molar-refractivity contribution is -0.125. The molecule has 3 amide bonds. The van der Waals surface area contributed by atoms with Gasteiger partial charge in [0, 0.05) is 23.4 Å². The number of carbonyl (C=O) groups is 3. The monoisotopic (exact) mass is 471 g/mol. The fourth-order valence-corrected chi connectivity index (χ4v) is 4.45. The van der Waals surface area contributed by atoms with Gasteiger partial charge in [0.1, 0.15) is 23.5 Å². The number of aromatic nitrogens is 1. The largest absolute Gasteiger partial charge is 0.494 e. The number of hydrogen-bond acceptors (Lipinski definition) is 5. The van der Waals surface area contributed by atoms with Gasteiger partial charge in [-0.3, -0.25) is 14.4 Å². The number of halogens is 1. The van der Waals surface area contributed by atoms with Crippen molar-refractivity contribution in [3.05, 3.63) is 28.9 Å². The van der Waals surface area contributed by atoms with E-state index in [2.05, 4.69) is 27.0 Å². The van der Waals surface area contributed by atoms with Crippen molar-refractivity contribution in [1.29, 1.82) is 5.26 Å². The zero-order valence-electron chi connectivity index (χ0n) is 18.2. The Hall–Kier alpha value is -3.25. The number of rotatable bonds is 9. The van der Waals surface area contributed by atoms with E-state index in [1.807, 2.05) is 0 Å². The fraction of sp³-hybridized carbons (Fsp3) is 0.478. The van der Waals surface area contributed by atoms with Crippen molar-refractivity contribution in [2.75, 3.05) is 13.7 Å². The molecule has 1 unspecified atom stereocenters. The quantitative estimate of drug-likeness (QED) is 0.444. The summed E-state index contributed by atoms with van der Waals surface area (Å²) in [4.78, 5) is 40.8. The van der Waals surface area contributed by atoms with Crippen LogP contribution >= 0.6 is 11.6 Å². The minimum Gasteiger partial charge on any atom is -0.494 e. The van der Waals surface area contributed by atoms with Crippen molar-refractivity contribution < 1.29 is 19.1 Å². The molecule has 1 saturated carbocycles. The summed E-state index contributed by atoms with van der Waals surface area (Å²) >= 11 is 6.17. The van der Waals surface area contributed by atoms with E-state index in [0.29, 0.717) is 47.0 Å². The first-order valence-electron chi connectivity index (χ1n) is 11.0. The van der Waals surface area contributed by atoms with Crippen molar-refractivity contribution >= 4 is 40.2 Å². The molecular weight excluding hydrogens is 446 g/mol. The molecule has 10 heteroatoms. The van der Waals surface area contributed by atoms with Crippen LogP contribution in [0.15, 0.2) is 18.2 Å². The summed E-state index contributed by atoms with van der Waals surface area (Å²) in [5.41, 5.74) is 0.961. The summed E-state index contributed by atoms with van der Waals surface area (Å²) in [5, 5.41) is 18.9. The Morgan fingerprint density at radius 3 is 2.70 bits per heavy atom. The van der Waals surface area contributed by atoms with Crippen LogP contribution in [-0.2, 0) is 9.59 Å². The molecule has 174 valence electrons. The van der Waals surface area contributed by atoms with Gasteiger partial charge in [0.05, 0.1) is 18.2 Å². The molecule has 4 rings (SSSR count). The van der Waals surface area contributed by atoms with Crippen LogP contribution in [0.2, 0.25) is 5.02 Å². The maximum Gasteiger partial charge on any atom is 0.268 e. The first kappa shape index (κ1) is 22.9. The maximum atomic E-state index is 13.0. The third-order valence-electron chi connectivity index (χ3n) is 6.20. The second kappa shape index (κ2) is 9.71. The van der Waals surface area contributed by atoms with E-state index in [4.69, 9.17) is 16.3 Å². The second-order valence-electron chi connectivity index (χ2n) is 8.63. The third-order valence-corrected chi connectivity index (χ3v) is 6.50. The first-order chi connectivity index (χ1) is 15.9. The van der Waals surface area contributed by atoms with E-state index >= 15 is 0 Å². The number of aromatic amines is 1. The highest BCUT2D eigenvalue weighted by Crippen LogP contribution is 2.35. The number of nitrogens with one attached hydrogen (secondary N) is 4. The van der Waals surface area contributed by atoms with Crippen LogP contribution in [-0.4, -0.2) is 48.4 Å². The molecule has 1 saturated heterocycles. The SMILES string of the molecule is COc1c(Cl)ccc2[nH]c(C(=O)N[C@@H](CC3CC3)C(=O)N[C@H](C#N)CC3CCNC3=O)cc12. The van der Waals surface area contributed by atoms with Crippen LogP contribution < -0.4 is 20.7 Å².